The first-order chi connectivity index (χ1) is 19.6. The Morgan fingerprint density at radius 1 is 0.805 bits per heavy atom. The summed E-state index contributed by atoms with van der Waals surface area (Å²) < 4.78 is 11.9. The number of benzene rings is 4. The van der Waals surface area contributed by atoms with Crippen LogP contribution in [0.15, 0.2) is 78.9 Å². The molecule has 4 rings (SSSR count). The molecule has 0 spiro atoms. The van der Waals surface area contributed by atoms with Gasteiger partial charge >= 0.3 is 6.03 Å². The normalized spacial score (nSPS) is 11.1. The highest BCUT2D eigenvalue weighted by Gasteiger charge is 2.20. The first kappa shape index (κ1) is 28.5. The Bertz CT molecular complexity index is 1610. The van der Waals surface area contributed by atoms with Crippen molar-refractivity contribution in [2.45, 2.75) is 33.8 Å². The summed E-state index contributed by atoms with van der Waals surface area (Å²) in [4.78, 5) is 25.7. The number of phenols is 1. The maximum atomic E-state index is 13.1. The van der Waals surface area contributed by atoms with E-state index in [1.807, 2.05) is 57.2 Å². The molecule has 0 aliphatic rings. The lowest BCUT2D eigenvalue weighted by Gasteiger charge is -2.19. The van der Waals surface area contributed by atoms with Crippen molar-refractivity contribution in [3.8, 4) is 29.1 Å². The van der Waals surface area contributed by atoms with Crippen molar-refractivity contribution in [3.63, 3.8) is 0 Å². The van der Waals surface area contributed by atoms with Gasteiger partial charge in [0.15, 0.2) is 11.9 Å². The molecule has 0 saturated carbocycles. The number of aromatic hydroxyl groups is 1. The summed E-state index contributed by atoms with van der Waals surface area (Å²) >= 11 is 0. The lowest BCUT2D eigenvalue weighted by molar-refractivity contribution is -0.122. The second kappa shape index (κ2) is 12.6. The number of aryl methyl sites for hydroxylation is 3. The SMILES string of the molecule is Cc1ccc(Oc2cc(NC(=O)Nc3ccc(C#N)cc3)c(O)cc2NC(=O)C(C)Oc2ccc(C)cc2C)cc1. The van der Waals surface area contributed by atoms with E-state index in [1.54, 1.807) is 43.3 Å². The summed E-state index contributed by atoms with van der Waals surface area (Å²) in [7, 11) is 0. The molecule has 9 nitrogen and oxygen atoms in total. The summed E-state index contributed by atoms with van der Waals surface area (Å²) in [5.74, 6) is 0.508. The van der Waals surface area contributed by atoms with Crippen molar-refractivity contribution in [2.24, 2.45) is 0 Å². The predicted octanol–water partition coefficient (Wildman–Crippen LogP) is 7.03. The molecule has 4 N–H and O–H groups in total. The number of urea groups is 1. The Kier molecular flexibility index (Phi) is 8.75. The molecular formula is C32H30N4O5. The first-order valence-electron chi connectivity index (χ1n) is 12.9. The molecule has 0 heterocycles. The highest BCUT2D eigenvalue weighted by Crippen LogP contribution is 2.38. The molecule has 9 heteroatoms. The molecule has 1 atom stereocenters. The molecule has 208 valence electrons. The van der Waals surface area contributed by atoms with Gasteiger partial charge in [-0.3, -0.25) is 4.79 Å². The number of nitrogens with zero attached hydrogens (tertiary/aromatic N) is 1. The Morgan fingerprint density at radius 2 is 1.49 bits per heavy atom. The van der Waals surface area contributed by atoms with Crippen molar-refractivity contribution in [3.05, 3.63) is 101 Å². The van der Waals surface area contributed by atoms with Gasteiger partial charge in [-0.1, -0.05) is 35.4 Å². The van der Waals surface area contributed by atoms with Crippen LogP contribution in [0, 0.1) is 32.1 Å². The fraction of sp³-hybridized carbons (Fsp3) is 0.156. The third kappa shape index (κ3) is 7.55. The van der Waals surface area contributed by atoms with Gasteiger partial charge in [0.25, 0.3) is 5.91 Å². The van der Waals surface area contributed by atoms with E-state index in [2.05, 4.69) is 16.0 Å². The Hall–Kier alpha value is -5.49. The first-order valence-corrected chi connectivity index (χ1v) is 12.9. The third-order valence-electron chi connectivity index (χ3n) is 6.13. The van der Waals surface area contributed by atoms with Gasteiger partial charge in [0.1, 0.15) is 17.2 Å². The predicted molar refractivity (Wildman–Crippen MR) is 158 cm³/mol. The number of carbonyl (C=O) groups excluding carboxylic acids is 2. The maximum Gasteiger partial charge on any atom is 0.323 e. The van der Waals surface area contributed by atoms with Crippen LogP contribution in [0.2, 0.25) is 0 Å². The maximum absolute atomic E-state index is 13.1. The summed E-state index contributed by atoms with van der Waals surface area (Å²) in [5.41, 5.74) is 4.17. The van der Waals surface area contributed by atoms with Gasteiger partial charge in [0, 0.05) is 17.8 Å². The van der Waals surface area contributed by atoms with Crippen molar-refractivity contribution in [1.29, 1.82) is 5.26 Å². The number of nitrogens with one attached hydrogen (secondary N) is 3. The fourth-order valence-electron chi connectivity index (χ4n) is 3.91. The van der Waals surface area contributed by atoms with E-state index in [1.165, 1.54) is 12.1 Å². The zero-order valence-electron chi connectivity index (χ0n) is 23.1. The molecule has 0 saturated heterocycles. The van der Waals surface area contributed by atoms with E-state index in [0.29, 0.717) is 22.7 Å². The van der Waals surface area contributed by atoms with E-state index in [4.69, 9.17) is 14.7 Å². The number of rotatable bonds is 8. The van der Waals surface area contributed by atoms with E-state index >= 15 is 0 Å². The van der Waals surface area contributed by atoms with Gasteiger partial charge in [-0.05, 0) is 75.7 Å². The monoisotopic (exact) mass is 550 g/mol. The van der Waals surface area contributed by atoms with Gasteiger partial charge in [0.2, 0.25) is 0 Å². The second-order valence-corrected chi connectivity index (χ2v) is 9.57. The fourth-order valence-corrected chi connectivity index (χ4v) is 3.91. The number of carbonyl (C=O) groups is 2. The average molecular weight is 551 g/mol. The molecule has 41 heavy (non-hydrogen) atoms. The molecule has 0 bridgehead atoms. The zero-order valence-corrected chi connectivity index (χ0v) is 23.1. The van der Waals surface area contributed by atoms with Crippen LogP contribution >= 0.6 is 0 Å². The zero-order chi connectivity index (χ0) is 29.5. The van der Waals surface area contributed by atoms with Gasteiger partial charge in [-0.2, -0.15) is 5.26 Å². The molecule has 0 aliphatic heterocycles. The molecular weight excluding hydrogens is 520 g/mol. The van der Waals surface area contributed by atoms with Gasteiger partial charge in [-0.15, -0.1) is 0 Å². The number of anilines is 3. The molecule has 4 aromatic rings. The average Bonchev–Trinajstić information content (AvgIpc) is 2.94. The largest absolute Gasteiger partial charge is 0.506 e. The highest BCUT2D eigenvalue weighted by atomic mass is 16.5. The van der Waals surface area contributed by atoms with Crippen LogP contribution < -0.4 is 25.4 Å². The number of nitriles is 1. The van der Waals surface area contributed by atoms with Crippen LogP contribution in [0.25, 0.3) is 0 Å². The number of ether oxygens (including phenoxy) is 2. The standard InChI is InChI=1S/C32H30N4O5/c1-19-5-12-25(13-6-19)41-30-17-26(36-32(39)34-24-10-8-23(18-33)9-11-24)28(37)16-27(30)35-31(38)22(4)40-29-14-7-20(2)15-21(29)3/h5-17,22,37H,1-4H3,(H,35,38)(H2,34,36,39). The van der Waals surface area contributed by atoms with Crippen LogP contribution in [0.5, 0.6) is 23.0 Å². The molecule has 3 amide bonds. The minimum Gasteiger partial charge on any atom is -0.506 e. The van der Waals surface area contributed by atoms with Crippen molar-refractivity contribution in [1.82, 2.24) is 0 Å². The van der Waals surface area contributed by atoms with Crippen LogP contribution in [0.4, 0.5) is 21.9 Å². The van der Waals surface area contributed by atoms with Gasteiger partial charge in [-0.25, -0.2) is 4.79 Å². The minimum absolute atomic E-state index is 0.0517. The third-order valence-corrected chi connectivity index (χ3v) is 6.13. The number of phenolic OH excluding ortho intramolecular Hbond substituents is 1. The molecule has 0 aliphatic carbocycles. The van der Waals surface area contributed by atoms with Crippen LogP contribution in [-0.4, -0.2) is 23.1 Å². The molecule has 0 radical (unpaired) electrons. The minimum atomic E-state index is -0.859. The summed E-state index contributed by atoms with van der Waals surface area (Å²) in [5, 5.41) is 27.7. The molecule has 1 unspecified atom stereocenters. The topological polar surface area (TPSA) is 133 Å². The van der Waals surface area contributed by atoms with Crippen LogP contribution in [0.3, 0.4) is 0 Å². The number of amides is 3. The summed E-state index contributed by atoms with van der Waals surface area (Å²) in [6.07, 6.45) is -0.859. The van der Waals surface area contributed by atoms with Crippen molar-refractivity contribution >= 4 is 29.0 Å². The molecule has 4 aromatic carbocycles. The smallest absolute Gasteiger partial charge is 0.323 e. The highest BCUT2D eigenvalue weighted by molar-refractivity contribution is 6.02. The van der Waals surface area contributed by atoms with E-state index in [9.17, 15) is 14.7 Å². The van der Waals surface area contributed by atoms with Crippen LogP contribution in [-0.2, 0) is 4.79 Å². The van der Waals surface area contributed by atoms with Gasteiger partial charge < -0.3 is 30.5 Å². The second-order valence-electron chi connectivity index (χ2n) is 9.57. The summed E-state index contributed by atoms with van der Waals surface area (Å²) in [6.45, 7) is 7.45. The molecule has 0 fully saturated rings. The van der Waals surface area contributed by atoms with Crippen molar-refractivity contribution in [2.75, 3.05) is 16.0 Å². The Labute approximate surface area is 238 Å². The summed E-state index contributed by atoms with van der Waals surface area (Å²) in [6, 6.07) is 23.4. The van der Waals surface area contributed by atoms with Crippen LogP contribution in [0.1, 0.15) is 29.2 Å². The lowest BCUT2D eigenvalue weighted by Crippen LogP contribution is -2.30. The molecule has 0 aromatic heterocycles. The lowest BCUT2D eigenvalue weighted by atomic mass is 10.1. The van der Waals surface area contributed by atoms with Crippen molar-refractivity contribution < 1.29 is 24.2 Å². The van der Waals surface area contributed by atoms with Gasteiger partial charge in [0.05, 0.1) is 23.0 Å². The Balaban J connectivity index is 1.56. The van der Waals surface area contributed by atoms with E-state index < -0.39 is 18.0 Å². The number of hydrogen-bond donors (Lipinski definition) is 4. The Morgan fingerprint density at radius 3 is 2.15 bits per heavy atom. The number of hydrogen-bond acceptors (Lipinski definition) is 6. The van der Waals surface area contributed by atoms with E-state index in [-0.39, 0.29) is 22.9 Å². The quantitative estimate of drug-likeness (QED) is 0.174. The van der Waals surface area contributed by atoms with E-state index in [0.717, 1.165) is 16.7 Å².